The number of nitrogens with zero attached hydrogens (tertiary/aromatic N) is 1. The predicted octanol–water partition coefficient (Wildman–Crippen LogP) is 5.77. The van der Waals surface area contributed by atoms with Crippen LogP contribution in [0.4, 0.5) is 11.4 Å². The topological polar surface area (TPSA) is 72.2 Å². The molecule has 0 aliphatic heterocycles. The number of hydrogen-bond donors (Lipinski definition) is 1. The van der Waals surface area contributed by atoms with Gasteiger partial charge in [0.15, 0.2) is 0 Å². The fourth-order valence-electron chi connectivity index (χ4n) is 3.68. The summed E-state index contributed by atoms with van der Waals surface area (Å²) in [5, 5.41) is 17.8. The van der Waals surface area contributed by atoms with E-state index in [0.29, 0.717) is 22.4 Å². The first-order valence-corrected chi connectivity index (χ1v) is 8.93. The Hall–Kier alpha value is -3.73. The zero-order valence-corrected chi connectivity index (χ0v) is 15.5. The Morgan fingerprint density at radius 1 is 0.857 bits per heavy atom. The molecule has 4 rings (SSSR count). The highest BCUT2D eigenvalue weighted by Gasteiger charge is 2.18. The van der Waals surface area contributed by atoms with E-state index >= 15 is 0 Å². The van der Waals surface area contributed by atoms with Gasteiger partial charge >= 0.3 is 0 Å². The second kappa shape index (κ2) is 6.78. The van der Waals surface area contributed by atoms with Gasteiger partial charge in [-0.2, -0.15) is 0 Å². The van der Waals surface area contributed by atoms with Gasteiger partial charge in [0.1, 0.15) is 0 Å². The number of rotatable bonds is 3. The maximum Gasteiger partial charge on any atom is 0.270 e. The van der Waals surface area contributed by atoms with Crippen LogP contribution in [0.5, 0.6) is 0 Å². The lowest BCUT2D eigenvalue weighted by atomic mass is 9.96. The number of nitro benzene ring substituents is 1. The van der Waals surface area contributed by atoms with Crippen molar-refractivity contribution in [3.8, 4) is 0 Å². The van der Waals surface area contributed by atoms with Gasteiger partial charge in [-0.15, -0.1) is 0 Å². The summed E-state index contributed by atoms with van der Waals surface area (Å²) in [7, 11) is 0. The van der Waals surface area contributed by atoms with Crippen molar-refractivity contribution < 1.29 is 9.72 Å². The normalized spacial score (nSPS) is 10.9. The van der Waals surface area contributed by atoms with Crippen molar-refractivity contribution in [1.82, 2.24) is 0 Å². The highest BCUT2D eigenvalue weighted by atomic mass is 16.6. The molecule has 0 atom stereocenters. The van der Waals surface area contributed by atoms with E-state index < -0.39 is 4.92 Å². The quantitative estimate of drug-likeness (QED) is 0.283. The van der Waals surface area contributed by atoms with Gasteiger partial charge in [-0.25, -0.2) is 0 Å². The van der Waals surface area contributed by atoms with E-state index in [1.165, 1.54) is 12.1 Å². The van der Waals surface area contributed by atoms with Crippen LogP contribution in [0.3, 0.4) is 0 Å². The van der Waals surface area contributed by atoms with Crippen LogP contribution in [0.1, 0.15) is 21.5 Å². The third kappa shape index (κ3) is 2.97. The molecule has 0 aliphatic rings. The second-order valence-electron chi connectivity index (χ2n) is 6.86. The molecule has 0 saturated carbocycles. The van der Waals surface area contributed by atoms with Gasteiger partial charge in [0.25, 0.3) is 11.6 Å². The molecule has 0 aliphatic carbocycles. The Balaban J connectivity index is 1.87. The molecule has 28 heavy (non-hydrogen) atoms. The van der Waals surface area contributed by atoms with Crippen molar-refractivity contribution in [2.24, 2.45) is 0 Å². The maximum atomic E-state index is 13.3. The van der Waals surface area contributed by atoms with Crippen molar-refractivity contribution >= 4 is 38.8 Å². The SMILES string of the molecule is Cc1cc([N+](=O)[O-])cc(C)c1NC(=O)c1c2ccccc2cc2ccccc12. The summed E-state index contributed by atoms with van der Waals surface area (Å²) in [6.45, 7) is 3.52. The standard InChI is InChI=1S/C23H18N2O3/c1-14-11-18(25(27)28)12-15(2)22(14)24-23(26)21-19-9-5-3-7-16(19)13-17-8-4-6-10-20(17)21/h3-13H,1-2H3,(H,24,26). The molecule has 0 aromatic heterocycles. The van der Waals surface area contributed by atoms with E-state index in [0.717, 1.165) is 21.5 Å². The molecule has 1 amide bonds. The number of carbonyl (C=O) groups is 1. The van der Waals surface area contributed by atoms with Crippen molar-refractivity contribution in [3.05, 3.63) is 93.5 Å². The number of nitro groups is 1. The minimum atomic E-state index is -0.427. The first-order valence-electron chi connectivity index (χ1n) is 8.93. The number of nitrogens with one attached hydrogen (secondary N) is 1. The number of amides is 1. The van der Waals surface area contributed by atoms with Gasteiger partial charge in [-0.1, -0.05) is 48.5 Å². The number of fused-ring (bicyclic) bond motifs is 2. The van der Waals surface area contributed by atoms with E-state index in [1.807, 2.05) is 48.5 Å². The van der Waals surface area contributed by atoms with Gasteiger partial charge in [0.05, 0.1) is 10.5 Å². The molecule has 0 saturated heterocycles. The Morgan fingerprint density at radius 2 is 1.36 bits per heavy atom. The van der Waals surface area contributed by atoms with Gasteiger partial charge < -0.3 is 5.32 Å². The van der Waals surface area contributed by atoms with E-state index in [-0.39, 0.29) is 11.6 Å². The number of anilines is 1. The molecule has 0 unspecified atom stereocenters. The van der Waals surface area contributed by atoms with E-state index in [2.05, 4.69) is 11.4 Å². The predicted molar refractivity (Wildman–Crippen MR) is 112 cm³/mol. The first kappa shape index (κ1) is 17.7. The second-order valence-corrected chi connectivity index (χ2v) is 6.86. The summed E-state index contributed by atoms with van der Waals surface area (Å²) < 4.78 is 0. The zero-order valence-electron chi connectivity index (χ0n) is 15.5. The van der Waals surface area contributed by atoms with Crippen molar-refractivity contribution in [2.45, 2.75) is 13.8 Å². The monoisotopic (exact) mass is 370 g/mol. The largest absolute Gasteiger partial charge is 0.321 e. The van der Waals surface area contributed by atoms with Crippen molar-refractivity contribution in [3.63, 3.8) is 0 Å². The van der Waals surface area contributed by atoms with E-state index in [9.17, 15) is 14.9 Å². The molecular formula is C23H18N2O3. The number of carbonyl (C=O) groups excluding carboxylic acids is 1. The van der Waals surface area contributed by atoms with Crippen molar-refractivity contribution in [2.75, 3.05) is 5.32 Å². The average molecular weight is 370 g/mol. The smallest absolute Gasteiger partial charge is 0.270 e. The summed E-state index contributed by atoms with van der Waals surface area (Å²) in [5.41, 5.74) is 2.54. The number of hydrogen-bond acceptors (Lipinski definition) is 3. The van der Waals surface area contributed by atoms with Crippen LogP contribution in [0.15, 0.2) is 66.7 Å². The number of non-ortho nitro benzene ring substituents is 1. The van der Waals surface area contributed by atoms with Crippen LogP contribution in [-0.4, -0.2) is 10.8 Å². The Bertz CT molecular complexity index is 1180. The van der Waals surface area contributed by atoms with Crippen LogP contribution in [0, 0.1) is 24.0 Å². The fourth-order valence-corrected chi connectivity index (χ4v) is 3.68. The first-order chi connectivity index (χ1) is 13.5. The van der Waals surface area contributed by atoms with E-state index in [4.69, 9.17) is 0 Å². The molecule has 0 spiro atoms. The molecule has 138 valence electrons. The third-order valence-electron chi connectivity index (χ3n) is 4.97. The summed E-state index contributed by atoms with van der Waals surface area (Å²) in [6, 6.07) is 20.6. The molecule has 5 heteroatoms. The van der Waals surface area contributed by atoms with Gasteiger partial charge in [-0.3, -0.25) is 14.9 Å². The molecule has 4 aromatic carbocycles. The lowest BCUT2D eigenvalue weighted by Crippen LogP contribution is -2.15. The van der Waals surface area contributed by atoms with Gasteiger partial charge in [0.2, 0.25) is 0 Å². The molecule has 5 nitrogen and oxygen atoms in total. The Morgan fingerprint density at radius 3 is 1.86 bits per heavy atom. The lowest BCUT2D eigenvalue weighted by Gasteiger charge is -2.15. The highest BCUT2D eigenvalue weighted by molar-refractivity contribution is 6.22. The molecule has 1 N–H and O–H groups in total. The van der Waals surface area contributed by atoms with Crippen LogP contribution in [0.2, 0.25) is 0 Å². The Labute approximate surface area is 161 Å². The zero-order chi connectivity index (χ0) is 19.8. The lowest BCUT2D eigenvalue weighted by molar-refractivity contribution is -0.384. The molecular weight excluding hydrogens is 352 g/mol. The highest BCUT2D eigenvalue weighted by Crippen LogP contribution is 2.31. The molecule has 4 aromatic rings. The van der Waals surface area contributed by atoms with Crippen LogP contribution < -0.4 is 5.32 Å². The molecule has 0 radical (unpaired) electrons. The fraction of sp³-hybridized carbons (Fsp3) is 0.0870. The van der Waals surface area contributed by atoms with Gasteiger partial charge in [-0.05, 0) is 52.6 Å². The summed E-state index contributed by atoms with van der Waals surface area (Å²) in [5.74, 6) is -0.229. The average Bonchev–Trinajstić information content (AvgIpc) is 2.68. The summed E-state index contributed by atoms with van der Waals surface area (Å²) in [6.07, 6.45) is 0. The minimum absolute atomic E-state index is 0.0172. The van der Waals surface area contributed by atoms with Gasteiger partial charge in [0, 0.05) is 17.8 Å². The molecule has 0 heterocycles. The van der Waals surface area contributed by atoms with E-state index in [1.54, 1.807) is 13.8 Å². The Kier molecular flexibility index (Phi) is 4.28. The summed E-state index contributed by atoms with van der Waals surface area (Å²) >= 11 is 0. The van der Waals surface area contributed by atoms with Crippen LogP contribution in [-0.2, 0) is 0 Å². The third-order valence-corrected chi connectivity index (χ3v) is 4.97. The maximum absolute atomic E-state index is 13.3. The van der Waals surface area contributed by atoms with Crippen LogP contribution >= 0.6 is 0 Å². The summed E-state index contributed by atoms with van der Waals surface area (Å²) in [4.78, 5) is 24.0. The molecule has 0 fully saturated rings. The molecule has 0 bridgehead atoms. The number of benzene rings is 4. The van der Waals surface area contributed by atoms with Crippen LogP contribution in [0.25, 0.3) is 21.5 Å². The number of aryl methyl sites for hydroxylation is 2. The minimum Gasteiger partial charge on any atom is -0.321 e. The van der Waals surface area contributed by atoms with Crippen molar-refractivity contribution in [1.29, 1.82) is 0 Å².